The molecule has 1 fully saturated rings. The fraction of sp³-hybridized carbons (Fsp3) is 0.333. The summed E-state index contributed by atoms with van der Waals surface area (Å²) in [5, 5.41) is 4.93. The molecule has 11 heteroatoms. The van der Waals surface area contributed by atoms with Gasteiger partial charge in [-0.05, 0) is 48.7 Å². The lowest BCUT2D eigenvalue weighted by molar-refractivity contribution is -0.126. The molecule has 0 saturated carbocycles. The van der Waals surface area contributed by atoms with E-state index in [1.807, 2.05) is 41.3 Å². The van der Waals surface area contributed by atoms with Crippen LogP contribution >= 0.6 is 22.9 Å². The van der Waals surface area contributed by atoms with E-state index in [2.05, 4.69) is 25.2 Å². The van der Waals surface area contributed by atoms with Crippen LogP contribution in [0.2, 0.25) is 5.02 Å². The number of anilines is 2. The third-order valence-electron chi connectivity index (χ3n) is 7.24. The highest BCUT2D eigenvalue weighted by Crippen LogP contribution is 2.39. The van der Waals surface area contributed by atoms with Gasteiger partial charge >= 0.3 is 0 Å². The summed E-state index contributed by atoms with van der Waals surface area (Å²) < 4.78 is 11.3. The van der Waals surface area contributed by atoms with Crippen LogP contribution in [0.15, 0.2) is 61.2 Å². The van der Waals surface area contributed by atoms with Crippen LogP contribution in [-0.4, -0.2) is 70.1 Å². The summed E-state index contributed by atoms with van der Waals surface area (Å²) in [6.07, 6.45) is 10.4. The quantitative estimate of drug-likeness (QED) is 0.265. The number of thiophene rings is 1. The molecular formula is C30H31ClN6O3S. The molecule has 0 aliphatic carbocycles. The lowest BCUT2D eigenvalue weighted by atomic mass is 10.0. The molecule has 0 atom stereocenters. The van der Waals surface area contributed by atoms with E-state index in [0.29, 0.717) is 30.5 Å². The first kappa shape index (κ1) is 27.6. The average molecular weight is 591 g/mol. The van der Waals surface area contributed by atoms with E-state index in [1.165, 1.54) is 5.56 Å². The van der Waals surface area contributed by atoms with E-state index in [0.717, 1.165) is 77.9 Å². The SMILES string of the molecule is O=C(C=CCCN1CCOCC1)N1CCc2c(sc3ncnc(Nc4ccc(OCc5cccnc5)c(Cl)c4)c23)C1. The van der Waals surface area contributed by atoms with Crippen molar-refractivity contribution in [1.82, 2.24) is 24.8 Å². The number of nitrogens with one attached hydrogen (secondary N) is 1. The van der Waals surface area contributed by atoms with E-state index in [4.69, 9.17) is 21.1 Å². The van der Waals surface area contributed by atoms with E-state index >= 15 is 0 Å². The van der Waals surface area contributed by atoms with E-state index in [9.17, 15) is 4.79 Å². The van der Waals surface area contributed by atoms with E-state index < -0.39 is 0 Å². The molecule has 4 aromatic rings. The Hall–Kier alpha value is -3.57. The number of hydrogen-bond acceptors (Lipinski definition) is 9. The fourth-order valence-electron chi connectivity index (χ4n) is 5.06. The maximum Gasteiger partial charge on any atom is 0.246 e. The molecular weight excluding hydrogens is 560 g/mol. The molecule has 9 nitrogen and oxygen atoms in total. The number of pyridine rings is 1. The molecule has 2 aliphatic rings. The second kappa shape index (κ2) is 12.9. The first-order valence-electron chi connectivity index (χ1n) is 13.7. The molecule has 2 aliphatic heterocycles. The Labute approximate surface area is 247 Å². The van der Waals surface area contributed by atoms with Crippen LogP contribution in [0, 0.1) is 0 Å². The number of carbonyl (C=O) groups is 1. The third kappa shape index (κ3) is 6.68. The average Bonchev–Trinajstić information content (AvgIpc) is 3.39. The minimum Gasteiger partial charge on any atom is -0.487 e. The first-order valence-corrected chi connectivity index (χ1v) is 14.9. The van der Waals surface area contributed by atoms with Crippen molar-refractivity contribution in [3.05, 3.63) is 82.2 Å². The van der Waals surface area contributed by atoms with Gasteiger partial charge < -0.3 is 19.7 Å². The van der Waals surface area contributed by atoms with Crippen molar-refractivity contribution in [2.75, 3.05) is 44.7 Å². The Morgan fingerprint density at radius 2 is 2.10 bits per heavy atom. The number of benzene rings is 1. The Balaban J connectivity index is 1.10. The van der Waals surface area contributed by atoms with Crippen molar-refractivity contribution in [2.45, 2.75) is 26.0 Å². The maximum absolute atomic E-state index is 12.9. The number of amides is 1. The van der Waals surface area contributed by atoms with E-state index in [-0.39, 0.29) is 5.91 Å². The number of aromatic nitrogens is 3. The molecule has 1 N–H and O–H groups in total. The van der Waals surface area contributed by atoms with Gasteiger partial charge in [-0.2, -0.15) is 0 Å². The summed E-state index contributed by atoms with van der Waals surface area (Å²) in [6, 6.07) is 9.43. The normalized spacial score (nSPS) is 15.8. The predicted molar refractivity (Wildman–Crippen MR) is 161 cm³/mol. The maximum atomic E-state index is 12.9. The van der Waals surface area contributed by atoms with Gasteiger partial charge in [0.2, 0.25) is 5.91 Å². The third-order valence-corrected chi connectivity index (χ3v) is 8.66. The number of ether oxygens (including phenoxy) is 2. The molecule has 41 heavy (non-hydrogen) atoms. The minimum atomic E-state index is 0.0556. The van der Waals surface area contributed by atoms with Crippen molar-refractivity contribution in [1.29, 1.82) is 0 Å². The van der Waals surface area contributed by atoms with Gasteiger partial charge in [-0.1, -0.05) is 23.7 Å². The summed E-state index contributed by atoms with van der Waals surface area (Å²) in [5.41, 5.74) is 2.98. The topological polar surface area (TPSA) is 92.7 Å². The summed E-state index contributed by atoms with van der Waals surface area (Å²) in [4.78, 5) is 32.5. The zero-order valence-electron chi connectivity index (χ0n) is 22.6. The van der Waals surface area contributed by atoms with Gasteiger partial charge in [0.15, 0.2) is 0 Å². The molecule has 6 rings (SSSR count). The fourth-order valence-corrected chi connectivity index (χ4v) is 6.50. The van der Waals surface area contributed by atoms with Crippen LogP contribution in [-0.2, 0) is 29.1 Å². The standard InChI is InChI=1S/C30H31ClN6O3S/c31-24-16-22(6-7-25(24)40-19-21-4-3-9-32-17-21)35-29-28-23-8-11-37(18-26(23)41-30(28)34-20-33-29)27(38)5-1-2-10-36-12-14-39-15-13-36/h1,3-7,9,16-17,20H,2,8,10-15,18-19H2,(H,33,34,35). The van der Waals surface area contributed by atoms with Gasteiger partial charge in [-0.15, -0.1) is 11.3 Å². The molecule has 0 radical (unpaired) electrons. The van der Waals surface area contributed by atoms with E-state index in [1.54, 1.807) is 36.1 Å². The number of hydrogen-bond donors (Lipinski definition) is 1. The highest BCUT2D eigenvalue weighted by Gasteiger charge is 2.25. The van der Waals surface area contributed by atoms with Crippen LogP contribution in [0.3, 0.4) is 0 Å². The second-order valence-electron chi connectivity index (χ2n) is 9.98. The van der Waals surface area contributed by atoms with Gasteiger partial charge in [0.25, 0.3) is 0 Å². The van der Waals surface area contributed by atoms with Crippen molar-refractivity contribution >= 4 is 50.6 Å². The number of morpholine rings is 1. The Morgan fingerprint density at radius 1 is 1.20 bits per heavy atom. The van der Waals surface area contributed by atoms with Gasteiger partial charge in [0, 0.05) is 54.7 Å². The minimum absolute atomic E-state index is 0.0556. The molecule has 1 aromatic carbocycles. The Bertz CT molecular complexity index is 1540. The molecule has 3 aromatic heterocycles. The van der Waals surface area contributed by atoms with Crippen LogP contribution in [0.25, 0.3) is 10.2 Å². The summed E-state index contributed by atoms with van der Waals surface area (Å²) in [7, 11) is 0. The molecule has 212 valence electrons. The summed E-state index contributed by atoms with van der Waals surface area (Å²) in [5.74, 6) is 1.39. The molecule has 0 spiro atoms. The monoisotopic (exact) mass is 590 g/mol. The first-order chi connectivity index (χ1) is 20.1. The van der Waals surface area contributed by atoms with Gasteiger partial charge in [-0.25, -0.2) is 9.97 Å². The zero-order chi connectivity index (χ0) is 28.0. The van der Waals surface area contributed by atoms with Crippen LogP contribution in [0.4, 0.5) is 11.5 Å². The van der Waals surface area contributed by atoms with Crippen molar-refractivity contribution in [3.8, 4) is 5.75 Å². The number of halogens is 1. The molecule has 1 amide bonds. The van der Waals surface area contributed by atoms with Crippen LogP contribution in [0.1, 0.15) is 22.4 Å². The summed E-state index contributed by atoms with van der Waals surface area (Å²) in [6.45, 7) is 6.08. The highest BCUT2D eigenvalue weighted by molar-refractivity contribution is 7.19. The summed E-state index contributed by atoms with van der Waals surface area (Å²) >= 11 is 8.17. The number of rotatable bonds is 9. The van der Waals surface area contributed by atoms with Crippen molar-refractivity contribution in [3.63, 3.8) is 0 Å². The smallest absolute Gasteiger partial charge is 0.246 e. The molecule has 1 saturated heterocycles. The molecule has 0 bridgehead atoms. The number of fused-ring (bicyclic) bond motifs is 3. The largest absolute Gasteiger partial charge is 0.487 e. The molecule has 0 unspecified atom stereocenters. The Morgan fingerprint density at radius 3 is 2.93 bits per heavy atom. The lowest BCUT2D eigenvalue weighted by Gasteiger charge is -2.26. The van der Waals surface area contributed by atoms with Crippen LogP contribution in [0.5, 0.6) is 5.75 Å². The number of nitrogens with zero attached hydrogens (tertiary/aromatic N) is 5. The Kier molecular flexibility index (Phi) is 8.71. The van der Waals surface area contributed by atoms with Crippen molar-refractivity contribution in [2.24, 2.45) is 0 Å². The van der Waals surface area contributed by atoms with Crippen LogP contribution < -0.4 is 10.1 Å². The van der Waals surface area contributed by atoms with Gasteiger partial charge in [-0.3, -0.25) is 14.7 Å². The highest BCUT2D eigenvalue weighted by atomic mass is 35.5. The lowest BCUT2D eigenvalue weighted by Crippen LogP contribution is -2.36. The molecule has 5 heterocycles. The van der Waals surface area contributed by atoms with Gasteiger partial charge in [0.1, 0.15) is 29.3 Å². The second-order valence-corrected chi connectivity index (χ2v) is 11.5. The number of carbonyl (C=O) groups excluding carboxylic acids is 1. The zero-order valence-corrected chi connectivity index (χ0v) is 24.2. The van der Waals surface area contributed by atoms with Crippen molar-refractivity contribution < 1.29 is 14.3 Å². The predicted octanol–water partition coefficient (Wildman–Crippen LogP) is 5.23. The van der Waals surface area contributed by atoms with Gasteiger partial charge in [0.05, 0.1) is 30.2 Å².